The molecule has 1 heterocycles. The Balaban J connectivity index is 1.61. The smallest absolute Gasteiger partial charge is 0.103 e. The summed E-state index contributed by atoms with van der Waals surface area (Å²) in [5.41, 5.74) is 1.60. The molecule has 2 saturated carbocycles. The lowest BCUT2D eigenvalue weighted by atomic mass is 10.1. The van der Waals surface area contributed by atoms with Crippen molar-refractivity contribution < 1.29 is 0 Å². The molecule has 0 spiro atoms. The van der Waals surface area contributed by atoms with Crippen molar-refractivity contribution in [2.24, 2.45) is 0 Å². The van der Waals surface area contributed by atoms with E-state index >= 15 is 0 Å². The largest absolute Gasteiger partial charge is 0.307 e. The molecule has 0 unspecified atom stereocenters. The average molecular weight is 325 g/mol. The Bertz CT molecular complexity index is 466. The average Bonchev–Trinajstić information content (AvgIpc) is 2.98. The van der Waals surface area contributed by atoms with Crippen molar-refractivity contribution in [1.29, 1.82) is 0 Å². The van der Waals surface area contributed by atoms with Crippen LogP contribution in [-0.2, 0) is 12.3 Å². The molecule has 1 N–H and O–H groups in total. The number of thiazole rings is 1. The first kappa shape index (κ1) is 15.8. The maximum Gasteiger partial charge on any atom is 0.103 e. The summed E-state index contributed by atoms with van der Waals surface area (Å²) in [7, 11) is 0. The van der Waals surface area contributed by atoms with Crippen LogP contribution in [0, 0.1) is 0 Å². The number of rotatable bonds is 6. The lowest BCUT2D eigenvalue weighted by Gasteiger charge is -2.20. The molecular formula is C17H28N2S2. The van der Waals surface area contributed by atoms with Gasteiger partial charge in [-0.05, 0) is 46.5 Å². The quantitative estimate of drug-likeness (QED) is 0.789. The van der Waals surface area contributed by atoms with Crippen molar-refractivity contribution in [2.45, 2.75) is 88.3 Å². The zero-order chi connectivity index (χ0) is 14.9. The van der Waals surface area contributed by atoms with E-state index in [4.69, 9.17) is 4.98 Å². The summed E-state index contributed by atoms with van der Waals surface area (Å²) in [6, 6.07) is 0. The third-order valence-electron chi connectivity index (χ3n) is 4.26. The summed E-state index contributed by atoms with van der Waals surface area (Å²) in [6.07, 6.45) is 8.41. The van der Waals surface area contributed by atoms with Crippen LogP contribution < -0.4 is 5.32 Å². The summed E-state index contributed by atoms with van der Waals surface area (Å²) in [5.74, 6) is 1.90. The number of hydrogen-bond donors (Lipinski definition) is 1. The molecule has 0 amide bonds. The Morgan fingerprint density at radius 2 is 1.90 bits per heavy atom. The van der Waals surface area contributed by atoms with Crippen molar-refractivity contribution in [3.8, 4) is 0 Å². The minimum atomic E-state index is 0.184. The highest BCUT2D eigenvalue weighted by Crippen LogP contribution is 2.43. The van der Waals surface area contributed by atoms with Gasteiger partial charge < -0.3 is 5.32 Å². The van der Waals surface area contributed by atoms with Crippen LogP contribution >= 0.6 is 23.1 Å². The molecule has 2 aliphatic carbocycles. The molecule has 0 saturated heterocycles. The lowest BCUT2D eigenvalue weighted by molar-refractivity contribution is 0.425. The monoisotopic (exact) mass is 324 g/mol. The molecule has 4 heteroatoms. The molecule has 0 bridgehead atoms. The highest BCUT2D eigenvalue weighted by atomic mass is 32.2. The van der Waals surface area contributed by atoms with E-state index in [0.29, 0.717) is 0 Å². The van der Waals surface area contributed by atoms with E-state index in [1.54, 1.807) is 0 Å². The summed E-state index contributed by atoms with van der Waals surface area (Å²) < 4.78 is 0. The first-order valence-corrected chi connectivity index (χ1v) is 10.2. The topological polar surface area (TPSA) is 24.9 Å². The first-order valence-electron chi connectivity index (χ1n) is 8.36. The van der Waals surface area contributed by atoms with Crippen molar-refractivity contribution in [3.63, 3.8) is 0 Å². The standard InChI is InChI=1S/C17H28N2S2/c1-17(2,3)18-10-14-16(12-8-9-12)19-15(21-14)11-20-13-6-4-5-7-13/h12-13,18H,4-11H2,1-3H3. The van der Waals surface area contributed by atoms with Gasteiger partial charge in [-0.25, -0.2) is 4.98 Å². The Morgan fingerprint density at radius 1 is 1.19 bits per heavy atom. The fraction of sp³-hybridized carbons (Fsp3) is 0.824. The van der Waals surface area contributed by atoms with Gasteiger partial charge in [0.2, 0.25) is 0 Å². The highest BCUT2D eigenvalue weighted by Gasteiger charge is 2.30. The highest BCUT2D eigenvalue weighted by molar-refractivity contribution is 7.99. The molecule has 3 rings (SSSR count). The predicted molar refractivity (Wildman–Crippen MR) is 94.2 cm³/mol. The van der Waals surface area contributed by atoms with Gasteiger partial charge in [0.15, 0.2) is 0 Å². The van der Waals surface area contributed by atoms with Gasteiger partial charge in [0.05, 0.1) is 5.69 Å². The van der Waals surface area contributed by atoms with Crippen LogP contribution in [-0.4, -0.2) is 15.8 Å². The molecule has 0 atom stereocenters. The summed E-state index contributed by atoms with van der Waals surface area (Å²) in [5, 5.41) is 5.89. The molecule has 2 fully saturated rings. The van der Waals surface area contributed by atoms with Crippen molar-refractivity contribution in [3.05, 3.63) is 15.6 Å². The predicted octanol–water partition coefficient (Wildman–Crippen LogP) is 5.08. The Hall–Kier alpha value is -0.0600. The molecule has 0 aliphatic heterocycles. The van der Waals surface area contributed by atoms with Gasteiger partial charge in [0, 0.05) is 33.9 Å². The zero-order valence-corrected chi connectivity index (χ0v) is 15.2. The SMILES string of the molecule is CC(C)(C)NCc1sc(CSC2CCCC2)nc1C1CC1. The van der Waals surface area contributed by atoms with E-state index in [1.807, 2.05) is 11.3 Å². The fourth-order valence-electron chi connectivity index (χ4n) is 2.87. The molecule has 0 aromatic carbocycles. The second kappa shape index (κ2) is 6.59. The van der Waals surface area contributed by atoms with Crippen LogP contribution in [0.1, 0.15) is 80.8 Å². The first-order chi connectivity index (χ1) is 10.0. The number of hydrogen-bond acceptors (Lipinski definition) is 4. The molecule has 0 radical (unpaired) electrons. The van der Waals surface area contributed by atoms with Gasteiger partial charge >= 0.3 is 0 Å². The Morgan fingerprint density at radius 3 is 2.52 bits per heavy atom. The molecule has 1 aromatic heterocycles. The third kappa shape index (κ3) is 4.70. The van der Waals surface area contributed by atoms with E-state index < -0.39 is 0 Å². The fourth-order valence-corrected chi connectivity index (χ4v) is 5.31. The second-order valence-corrected chi connectivity index (χ2v) is 9.97. The molecule has 118 valence electrons. The van der Waals surface area contributed by atoms with Gasteiger partial charge in [0.25, 0.3) is 0 Å². The number of nitrogens with one attached hydrogen (secondary N) is 1. The Kier molecular flexibility index (Phi) is 4.97. The lowest BCUT2D eigenvalue weighted by Crippen LogP contribution is -2.35. The molecular weight excluding hydrogens is 296 g/mol. The normalized spacial score (nSPS) is 20.3. The minimum absolute atomic E-state index is 0.184. The second-order valence-electron chi connectivity index (χ2n) is 7.51. The molecule has 1 aromatic rings. The van der Waals surface area contributed by atoms with E-state index in [2.05, 4.69) is 37.8 Å². The van der Waals surface area contributed by atoms with Gasteiger partial charge in [-0.3, -0.25) is 0 Å². The molecule has 2 nitrogen and oxygen atoms in total. The van der Waals surface area contributed by atoms with Gasteiger partial charge in [-0.15, -0.1) is 11.3 Å². The summed E-state index contributed by atoms with van der Waals surface area (Å²) >= 11 is 4.10. The number of thioether (sulfide) groups is 1. The molecule has 2 aliphatic rings. The van der Waals surface area contributed by atoms with Gasteiger partial charge in [-0.1, -0.05) is 12.8 Å². The van der Waals surface area contributed by atoms with Crippen LogP contribution in [0.2, 0.25) is 0 Å². The van der Waals surface area contributed by atoms with E-state index in [0.717, 1.165) is 23.5 Å². The third-order valence-corrected chi connectivity index (χ3v) is 6.90. The Labute approximate surface area is 137 Å². The number of aromatic nitrogens is 1. The zero-order valence-electron chi connectivity index (χ0n) is 13.6. The summed E-state index contributed by atoms with van der Waals surface area (Å²) in [4.78, 5) is 6.49. The van der Waals surface area contributed by atoms with Crippen molar-refractivity contribution in [1.82, 2.24) is 10.3 Å². The van der Waals surface area contributed by atoms with Crippen LogP contribution in [0.4, 0.5) is 0 Å². The van der Waals surface area contributed by atoms with Gasteiger partial charge in [-0.2, -0.15) is 11.8 Å². The maximum atomic E-state index is 4.99. The van der Waals surface area contributed by atoms with E-state index in [1.165, 1.54) is 54.1 Å². The maximum absolute atomic E-state index is 4.99. The van der Waals surface area contributed by atoms with E-state index in [-0.39, 0.29) is 5.54 Å². The summed E-state index contributed by atoms with van der Waals surface area (Å²) in [6.45, 7) is 7.70. The van der Waals surface area contributed by atoms with Crippen LogP contribution in [0.25, 0.3) is 0 Å². The molecule has 21 heavy (non-hydrogen) atoms. The van der Waals surface area contributed by atoms with Crippen molar-refractivity contribution in [2.75, 3.05) is 0 Å². The number of nitrogens with zero attached hydrogens (tertiary/aromatic N) is 1. The van der Waals surface area contributed by atoms with E-state index in [9.17, 15) is 0 Å². The minimum Gasteiger partial charge on any atom is -0.307 e. The van der Waals surface area contributed by atoms with Crippen molar-refractivity contribution >= 4 is 23.1 Å². The van der Waals surface area contributed by atoms with Crippen LogP contribution in [0.5, 0.6) is 0 Å². The van der Waals surface area contributed by atoms with Gasteiger partial charge in [0.1, 0.15) is 5.01 Å². The van der Waals surface area contributed by atoms with Crippen LogP contribution in [0.15, 0.2) is 0 Å². The van der Waals surface area contributed by atoms with Crippen LogP contribution in [0.3, 0.4) is 0 Å².